The molecule has 0 aromatic heterocycles. The second-order valence-corrected chi connectivity index (χ2v) is 5.20. The van der Waals surface area contributed by atoms with Crippen LogP contribution in [0.2, 0.25) is 0 Å². The van der Waals surface area contributed by atoms with Crippen LogP contribution in [0.15, 0.2) is 60.7 Å². The first-order chi connectivity index (χ1) is 10.6. The first kappa shape index (κ1) is 15.9. The predicted octanol–water partition coefficient (Wildman–Crippen LogP) is 2.54. The van der Waals surface area contributed by atoms with E-state index in [1.54, 1.807) is 31.2 Å². The lowest BCUT2D eigenvalue weighted by Crippen LogP contribution is -2.46. The van der Waals surface area contributed by atoms with Crippen molar-refractivity contribution in [3.63, 3.8) is 0 Å². The summed E-state index contributed by atoms with van der Waals surface area (Å²) >= 11 is 0. The highest BCUT2D eigenvalue weighted by molar-refractivity contribution is 6.00. The van der Waals surface area contributed by atoms with Gasteiger partial charge in [-0.3, -0.25) is 14.9 Å². The maximum absolute atomic E-state index is 12.3. The fourth-order valence-corrected chi connectivity index (χ4v) is 2.30. The Hall–Kier alpha value is -2.46. The lowest BCUT2D eigenvalue weighted by Gasteiger charge is -2.19. The number of aliphatic carboxylic acids is 1. The lowest BCUT2D eigenvalue weighted by atomic mass is 10.0. The minimum absolute atomic E-state index is 0.111. The predicted molar refractivity (Wildman–Crippen MR) is 84.9 cm³/mol. The standard InChI is InChI=1S/C18H19NO3/c1-13(17(20)15-10-6-3-7-11-15)19-16(18(21)22)12-14-8-4-2-5-9-14/h2-11,13,16,19H,12H2,1H3,(H,21,22). The summed E-state index contributed by atoms with van der Waals surface area (Å²) in [7, 11) is 0. The summed E-state index contributed by atoms with van der Waals surface area (Å²) in [6.45, 7) is 1.69. The fraction of sp³-hybridized carbons (Fsp3) is 0.222. The third kappa shape index (κ3) is 4.27. The van der Waals surface area contributed by atoms with Gasteiger partial charge in [0.1, 0.15) is 6.04 Å². The number of carboxylic acids is 1. The third-order valence-corrected chi connectivity index (χ3v) is 3.48. The Balaban J connectivity index is 2.04. The number of ketones is 1. The van der Waals surface area contributed by atoms with Crippen LogP contribution in [-0.4, -0.2) is 28.9 Å². The van der Waals surface area contributed by atoms with Gasteiger partial charge in [-0.25, -0.2) is 0 Å². The second kappa shape index (κ2) is 7.52. The number of carbonyl (C=O) groups excluding carboxylic acids is 1. The van der Waals surface area contributed by atoms with Gasteiger partial charge in [0.15, 0.2) is 5.78 Å². The van der Waals surface area contributed by atoms with E-state index >= 15 is 0 Å². The Morgan fingerprint density at radius 2 is 1.55 bits per heavy atom. The van der Waals surface area contributed by atoms with Gasteiger partial charge >= 0.3 is 5.97 Å². The van der Waals surface area contributed by atoms with Crippen LogP contribution in [0, 0.1) is 0 Å². The largest absolute Gasteiger partial charge is 0.480 e. The van der Waals surface area contributed by atoms with Gasteiger partial charge in [-0.05, 0) is 18.9 Å². The van der Waals surface area contributed by atoms with Crippen molar-refractivity contribution in [2.24, 2.45) is 0 Å². The zero-order valence-corrected chi connectivity index (χ0v) is 12.4. The van der Waals surface area contributed by atoms with Crippen molar-refractivity contribution >= 4 is 11.8 Å². The molecule has 2 atom stereocenters. The molecule has 2 rings (SSSR count). The number of rotatable bonds is 7. The number of Topliss-reactive ketones (excluding diaryl/α,β-unsaturated/α-hetero) is 1. The SMILES string of the molecule is CC(NC(Cc1ccccc1)C(=O)O)C(=O)c1ccccc1. The number of carboxylic acid groups (broad SMARTS) is 1. The maximum Gasteiger partial charge on any atom is 0.321 e. The molecule has 4 nitrogen and oxygen atoms in total. The van der Waals surface area contributed by atoms with Gasteiger partial charge in [0.05, 0.1) is 6.04 Å². The van der Waals surface area contributed by atoms with Crippen molar-refractivity contribution in [3.8, 4) is 0 Å². The topological polar surface area (TPSA) is 66.4 Å². The molecule has 22 heavy (non-hydrogen) atoms. The molecule has 0 fully saturated rings. The molecule has 2 aromatic carbocycles. The molecule has 0 amide bonds. The smallest absolute Gasteiger partial charge is 0.321 e. The van der Waals surface area contributed by atoms with Crippen molar-refractivity contribution in [1.82, 2.24) is 5.32 Å². The Kier molecular flexibility index (Phi) is 5.44. The van der Waals surface area contributed by atoms with Crippen LogP contribution in [0.4, 0.5) is 0 Å². The van der Waals surface area contributed by atoms with Gasteiger partial charge < -0.3 is 5.11 Å². The van der Waals surface area contributed by atoms with Gasteiger partial charge in [-0.2, -0.15) is 0 Å². The third-order valence-electron chi connectivity index (χ3n) is 3.48. The highest BCUT2D eigenvalue weighted by Gasteiger charge is 2.23. The molecular formula is C18H19NO3. The van der Waals surface area contributed by atoms with Crippen LogP contribution < -0.4 is 5.32 Å². The molecule has 0 radical (unpaired) electrons. The molecule has 2 N–H and O–H groups in total. The van der Waals surface area contributed by atoms with E-state index in [2.05, 4.69) is 5.32 Å². The molecule has 0 heterocycles. The Bertz CT molecular complexity index is 625. The molecule has 0 bridgehead atoms. The van der Waals surface area contributed by atoms with Crippen LogP contribution in [0.5, 0.6) is 0 Å². The Labute approximate surface area is 129 Å². The van der Waals surface area contributed by atoms with Crippen LogP contribution >= 0.6 is 0 Å². The first-order valence-electron chi connectivity index (χ1n) is 7.20. The number of benzene rings is 2. The molecule has 2 aromatic rings. The van der Waals surface area contributed by atoms with E-state index < -0.39 is 18.1 Å². The number of hydrogen-bond acceptors (Lipinski definition) is 3. The van der Waals surface area contributed by atoms with Crippen molar-refractivity contribution in [1.29, 1.82) is 0 Å². The molecule has 0 spiro atoms. The summed E-state index contributed by atoms with van der Waals surface area (Å²) in [4.78, 5) is 23.7. The summed E-state index contributed by atoms with van der Waals surface area (Å²) in [5.41, 5.74) is 1.49. The van der Waals surface area contributed by atoms with Gasteiger partial charge in [0, 0.05) is 5.56 Å². The minimum Gasteiger partial charge on any atom is -0.480 e. The molecular weight excluding hydrogens is 278 g/mol. The summed E-state index contributed by atoms with van der Waals surface area (Å²) in [6, 6.07) is 16.9. The van der Waals surface area contributed by atoms with Crippen LogP contribution in [-0.2, 0) is 11.2 Å². The molecule has 0 saturated heterocycles. The van der Waals surface area contributed by atoms with E-state index in [9.17, 15) is 14.7 Å². The van der Waals surface area contributed by atoms with Crippen LogP contribution in [0.25, 0.3) is 0 Å². The summed E-state index contributed by atoms with van der Waals surface area (Å²) in [6.07, 6.45) is 0.336. The summed E-state index contributed by atoms with van der Waals surface area (Å²) in [5, 5.41) is 12.3. The van der Waals surface area contributed by atoms with E-state index in [-0.39, 0.29) is 5.78 Å². The lowest BCUT2D eigenvalue weighted by molar-refractivity contribution is -0.139. The summed E-state index contributed by atoms with van der Waals surface area (Å²) < 4.78 is 0. The molecule has 0 saturated carbocycles. The average molecular weight is 297 g/mol. The van der Waals surface area contributed by atoms with Crippen molar-refractivity contribution < 1.29 is 14.7 Å². The highest BCUT2D eigenvalue weighted by atomic mass is 16.4. The monoisotopic (exact) mass is 297 g/mol. The quantitative estimate of drug-likeness (QED) is 0.771. The fourth-order valence-electron chi connectivity index (χ4n) is 2.30. The van der Waals surface area contributed by atoms with Crippen molar-refractivity contribution in [3.05, 3.63) is 71.8 Å². The van der Waals surface area contributed by atoms with Crippen LogP contribution in [0.3, 0.4) is 0 Å². The number of hydrogen-bond donors (Lipinski definition) is 2. The molecule has 0 aliphatic heterocycles. The van der Waals surface area contributed by atoms with Gasteiger partial charge in [0.25, 0.3) is 0 Å². The summed E-state index contributed by atoms with van der Waals surface area (Å²) in [5.74, 6) is -1.07. The van der Waals surface area contributed by atoms with Gasteiger partial charge in [0.2, 0.25) is 0 Å². The second-order valence-electron chi connectivity index (χ2n) is 5.20. The van der Waals surface area contributed by atoms with Gasteiger partial charge in [-0.1, -0.05) is 60.7 Å². The number of carbonyl (C=O) groups is 2. The van der Waals surface area contributed by atoms with E-state index in [4.69, 9.17) is 0 Å². The highest BCUT2D eigenvalue weighted by Crippen LogP contribution is 2.07. The minimum atomic E-state index is -0.962. The average Bonchev–Trinajstić information content (AvgIpc) is 2.55. The van der Waals surface area contributed by atoms with E-state index in [1.807, 2.05) is 36.4 Å². The Morgan fingerprint density at radius 1 is 1.00 bits per heavy atom. The van der Waals surface area contributed by atoms with Gasteiger partial charge in [-0.15, -0.1) is 0 Å². The zero-order chi connectivity index (χ0) is 15.9. The zero-order valence-electron chi connectivity index (χ0n) is 12.4. The molecule has 114 valence electrons. The van der Waals surface area contributed by atoms with Crippen LogP contribution in [0.1, 0.15) is 22.8 Å². The Morgan fingerprint density at radius 3 is 2.09 bits per heavy atom. The molecule has 2 unspecified atom stereocenters. The first-order valence-corrected chi connectivity index (χ1v) is 7.20. The van der Waals surface area contributed by atoms with Crippen molar-refractivity contribution in [2.75, 3.05) is 0 Å². The maximum atomic E-state index is 12.3. The molecule has 4 heteroatoms. The normalized spacial score (nSPS) is 13.3. The van der Waals surface area contributed by atoms with E-state index in [0.717, 1.165) is 5.56 Å². The number of nitrogens with one attached hydrogen (secondary N) is 1. The van der Waals surface area contributed by atoms with E-state index in [1.165, 1.54) is 0 Å². The molecule has 0 aliphatic rings. The molecule has 0 aliphatic carbocycles. The van der Waals surface area contributed by atoms with E-state index in [0.29, 0.717) is 12.0 Å². The van der Waals surface area contributed by atoms with Crippen molar-refractivity contribution in [2.45, 2.75) is 25.4 Å².